The maximum atomic E-state index is 14.7. The van der Waals surface area contributed by atoms with Crippen LogP contribution in [0.25, 0.3) is 0 Å². The van der Waals surface area contributed by atoms with Crippen LogP contribution in [0.2, 0.25) is 0 Å². The Balaban J connectivity index is 1.73. The molecule has 2 saturated heterocycles. The van der Waals surface area contributed by atoms with Crippen molar-refractivity contribution in [1.29, 1.82) is 5.41 Å². The van der Waals surface area contributed by atoms with Crippen molar-refractivity contribution in [1.82, 2.24) is 115 Å². The highest BCUT2D eigenvalue weighted by atomic mass is 16.4. The molecule has 145 heavy (non-hydrogen) atoms. The van der Waals surface area contributed by atoms with Crippen LogP contribution in [0.4, 0.5) is 0 Å². The van der Waals surface area contributed by atoms with Crippen LogP contribution in [0.3, 0.4) is 0 Å². The van der Waals surface area contributed by atoms with E-state index in [9.17, 15) is 131 Å². The van der Waals surface area contributed by atoms with Gasteiger partial charge in [0.2, 0.25) is 118 Å². The number of primary amides is 1. The zero-order valence-electron chi connectivity index (χ0n) is 84.5. The van der Waals surface area contributed by atoms with Gasteiger partial charge in [0, 0.05) is 32.3 Å². The summed E-state index contributed by atoms with van der Waals surface area (Å²) in [6.45, 7) is 16.8. The van der Waals surface area contributed by atoms with Crippen LogP contribution in [0, 0.1) is 29.1 Å². The summed E-state index contributed by atoms with van der Waals surface area (Å²) in [6, 6.07) is -27.2. The van der Waals surface area contributed by atoms with Gasteiger partial charge in [-0.15, -0.1) is 0 Å². The van der Waals surface area contributed by atoms with Gasteiger partial charge >= 0.3 is 11.9 Å². The van der Waals surface area contributed by atoms with Crippen molar-refractivity contribution in [2.24, 2.45) is 52.3 Å². The predicted molar refractivity (Wildman–Crippen MR) is 519 cm³/mol. The maximum absolute atomic E-state index is 14.7. The van der Waals surface area contributed by atoms with Gasteiger partial charge in [0.05, 0.1) is 62.8 Å². The highest BCUT2D eigenvalue weighted by Gasteiger charge is 2.46. The number of aromatic amines is 1. The molecule has 2 fully saturated rings. The molecule has 0 saturated carbocycles. The van der Waals surface area contributed by atoms with Crippen LogP contribution in [0.1, 0.15) is 211 Å². The van der Waals surface area contributed by atoms with Gasteiger partial charge in [0.1, 0.15) is 103 Å². The van der Waals surface area contributed by atoms with Gasteiger partial charge in [0.15, 0.2) is 5.96 Å². The van der Waals surface area contributed by atoms with Crippen molar-refractivity contribution < 1.29 is 131 Å². The number of unbranched alkanes of at least 4 members (excludes halogenated alkanes) is 2. The molecule has 35 N–H and O–H groups in total. The molecule has 0 aromatic carbocycles. The number of amides is 20. The second-order valence-electron chi connectivity index (χ2n) is 37.0. The molecular formula is C90H154N28O27. The number of rotatable bonds is 66. The van der Waals surface area contributed by atoms with E-state index >= 15 is 0 Å². The van der Waals surface area contributed by atoms with Crippen molar-refractivity contribution in [2.45, 2.75) is 333 Å². The van der Waals surface area contributed by atoms with Crippen LogP contribution in [0.15, 0.2) is 12.5 Å². The highest BCUT2D eigenvalue weighted by Crippen LogP contribution is 2.25. The summed E-state index contributed by atoms with van der Waals surface area (Å²) in [5, 5.41) is 103. The standard InChI is InChI=1S/C90H154N28O27/c1-14-44(6)67(113-81(136)62-28-23-32-117(62)87(142)55(25-18-20-30-92)107-75(130)53(24-17-19-29-91)105-80(135)61-27-22-33-118(61)88(143)58(37-66(125)126)109-72(127)47(9)93)82(137)100-39-64(123)99-40-65(124)104-57(36-63(94)122)78(133)112-69(46(8)16-3)84(139)114-68(45(7)15-2)83(138)103-49(11)73(128)108-56(35-52-38-97-42-101-52)77(132)102-48(10)74(129)111-60(41-119)79(134)115-71(51(13)121)86(141)116-70(50(12)120)85(140)106-54(26-21-31-98-90(95)96)76(131)110-59(89(144)145)34-43(4)5/h38,42-51,53-62,67-71,119-121H,14-37,39-41,91-93H2,1-13H3,(H2,94,122)(H,97,101)(H,99,123)(H,100,137)(H,102,132)(H,103,138)(H,104,124)(H,105,135)(H,106,140)(H,107,130)(H,108,128)(H,109,127)(H,110,131)(H,111,129)(H,112,133)(H,113,136)(H,114,139)(H,115,134)(H,116,141)(H,125,126)(H,144,145)(H4,95,96,98)/t44-,45-,46-,47-,48-,49-,50+,51+,53-,54-,55-,56-,57-,58-,59-,60-,61-,62-,67-,68-,69-,70-,71-/m0/s1. The molecule has 3 rings (SSSR count). The number of carboxylic acids is 2. The SMILES string of the molecule is CC[C@H](C)[C@H](NC(=O)[C@H](CC(N)=O)NC(=O)CNC(=O)CNC(=O)[C@@H](NC(=O)[C@@H]1CCCN1C(=O)[C@H](CCCCN)NC(=O)[C@H](CCCCN)NC(=O)[C@@H]1CCCN1C(=O)[C@H](CC(=O)O)NC(=O)[C@H](C)N)[C@@H](C)CC)C(=O)N[C@H](C(=O)N[C@@H](C)C(=O)N[C@@H](Cc1c[nH]cn1)C(=O)N[C@@H](C)C(=O)N[C@@H](CO)C(=O)N[C@H](C(=O)N[C@H](C(=O)N[C@@H](CCCNC(=N)N)C(=O)N[C@@H](CC(C)C)C(=O)O)[C@@H](C)O)[C@@H](C)O)[C@@H](C)CC. The molecule has 0 spiro atoms. The summed E-state index contributed by atoms with van der Waals surface area (Å²) in [6.07, 6.45) is 0.0694. The molecule has 55 heteroatoms. The summed E-state index contributed by atoms with van der Waals surface area (Å²) in [7, 11) is 0. The fourth-order valence-electron chi connectivity index (χ4n) is 15.5. The highest BCUT2D eigenvalue weighted by molar-refractivity contribution is 6.03. The van der Waals surface area contributed by atoms with E-state index in [1.165, 1.54) is 31.3 Å². The molecule has 1 aromatic heterocycles. The Kier molecular flexibility index (Phi) is 55.2. The smallest absolute Gasteiger partial charge is 0.326 e. The minimum atomic E-state index is -1.99. The molecular weight excluding hydrogens is 1910 g/mol. The number of nitrogens with two attached hydrogens (primary N) is 5. The van der Waals surface area contributed by atoms with Gasteiger partial charge in [-0.05, 0) is 155 Å². The lowest BCUT2D eigenvalue weighted by molar-refractivity contribution is -0.146. The van der Waals surface area contributed by atoms with Crippen molar-refractivity contribution in [3.8, 4) is 0 Å². The summed E-state index contributed by atoms with van der Waals surface area (Å²) in [5.74, 6) is -25.1. The largest absolute Gasteiger partial charge is 0.481 e. The van der Waals surface area contributed by atoms with Crippen LogP contribution >= 0.6 is 0 Å². The summed E-state index contributed by atoms with van der Waals surface area (Å²) in [4.78, 5) is 310. The zero-order chi connectivity index (χ0) is 110. The second kappa shape index (κ2) is 63.7. The molecule has 1 aromatic rings. The van der Waals surface area contributed by atoms with E-state index in [4.69, 9.17) is 34.1 Å². The molecule has 55 nitrogen and oxygen atoms in total. The number of hydrogen-bond acceptors (Lipinski definition) is 30. The van der Waals surface area contributed by atoms with E-state index in [-0.39, 0.29) is 109 Å². The van der Waals surface area contributed by atoms with Crippen LogP contribution in [-0.4, -0.2) is 355 Å². The third-order valence-electron chi connectivity index (χ3n) is 24.5. The first-order valence-corrected chi connectivity index (χ1v) is 48.8. The Hall–Kier alpha value is -13.4. The van der Waals surface area contributed by atoms with Gasteiger partial charge in [-0.1, -0.05) is 74.7 Å². The number of carbonyl (C=O) groups is 22. The normalized spacial score (nSPS) is 17.7. The fraction of sp³-hybridized carbons (Fsp3) is 0.711. The van der Waals surface area contributed by atoms with E-state index in [2.05, 4.69) is 106 Å². The zero-order valence-corrected chi connectivity index (χ0v) is 84.5. The number of nitrogens with one attached hydrogen (secondary N) is 20. The average Bonchev–Trinajstić information content (AvgIpc) is 1.62. The Morgan fingerprint density at radius 2 is 0.841 bits per heavy atom. The third kappa shape index (κ3) is 42.8. The number of carboxylic acid groups (broad SMARTS) is 2. The van der Waals surface area contributed by atoms with Gasteiger partial charge in [-0.3, -0.25) is 106 Å². The first-order chi connectivity index (χ1) is 68.2. The monoisotopic (exact) mass is 2060 g/mol. The van der Waals surface area contributed by atoms with Gasteiger partial charge in [-0.25, -0.2) is 9.78 Å². The molecule has 20 amide bonds. The average molecular weight is 2060 g/mol. The number of imidazole rings is 1. The molecule has 0 radical (unpaired) electrons. The first kappa shape index (κ1) is 126. The number of aromatic nitrogens is 2. The van der Waals surface area contributed by atoms with E-state index in [1.54, 1.807) is 55.4 Å². The Morgan fingerprint density at radius 1 is 0.434 bits per heavy atom. The van der Waals surface area contributed by atoms with Gasteiger partial charge < -0.3 is 165 Å². The number of aliphatic hydroxyl groups excluding tert-OH is 3. The Morgan fingerprint density at radius 3 is 1.32 bits per heavy atom. The van der Waals surface area contributed by atoms with Gasteiger partial charge in [0.25, 0.3) is 0 Å². The minimum Gasteiger partial charge on any atom is -0.481 e. The van der Waals surface area contributed by atoms with Gasteiger partial charge in [-0.2, -0.15) is 0 Å². The van der Waals surface area contributed by atoms with Crippen LogP contribution < -0.4 is 124 Å². The number of aliphatic hydroxyl groups is 3. The molecule has 0 bridgehead atoms. The van der Waals surface area contributed by atoms with E-state index < -0.39 is 307 Å². The molecule has 2 aliphatic rings. The molecule has 3 heterocycles. The fourth-order valence-corrected chi connectivity index (χ4v) is 15.5. The number of aliphatic carboxylic acids is 2. The number of nitrogens with zero attached hydrogens (tertiary/aromatic N) is 3. The topological polar surface area (TPSA) is 882 Å². The van der Waals surface area contributed by atoms with E-state index in [0.717, 1.165) is 25.7 Å². The molecule has 2 aliphatic heterocycles. The van der Waals surface area contributed by atoms with Crippen molar-refractivity contribution in [2.75, 3.05) is 52.4 Å². The first-order valence-electron chi connectivity index (χ1n) is 48.8. The minimum absolute atomic E-state index is 0.00161. The molecule has 23 atom stereocenters. The third-order valence-corrected chi connectivity index (χ3v) is 24.5. The number of H-pyrrole nitrogens is 1. The van der Waals surface area contributed by atoms with E-state index in [0.29, 0.717) is 44.9 Å². The summed E-state index contributed by atoms with van der Waals surface area (Å²) >= 11 is 0. The number of hydrogen-bond donors (Lipinski definition) is 30. The second-order valence-corrected chi connectivity index (χ2v) is 37.0. The lowest BCUT2D eigenvalue weighted by Crippen LogP contribution is -2.63. The summed E-state index contributed by atoms with van der Waals surface area (Å²) in [5.41, 5.74) is 28.4. The lowest BCUT2D eigenvalue weighted by Gasteiger charge is -2.32. The maximum Gasteiger partial charge on any atom is 0.326 e. The number of carbonyl (C=O) groups excluding carboxylic acids is 20. The predicted octanol–water partition coefficient (Wildman–Crippen LogP) is -10.3. The van der Waals surface area contributed by atoms with Crippen LogP contribution in [-0.2, 0) is 112 Å². The number of guanidine groups is 1. The Bertz CT molecular complexity index is 4570. The van der Waals surface area contributed by atoms with Crippen molar-refractivity contribution in [3.63, 3.8) is 0 Å². The molecule has 0 unspecified atom stereocenters. The Labute approximate surface area is 840 Å². The quantitative estimate of drug-likeness (QED) is 0.0164. The van der Waals surface area contributed by atoms with Crippen molar-refractivity contribution in [3.05, 3.63) is 18.2 Å². The van der Waals surface area contributed by atoms with E-state index in [1.807, 2.05) is 0 Å². The lowest BCUT2D eigenvalue weighted by atomic mass is 9.94. The summed E-state index contributed by atoms with van der Waals surface area (Å²) < 4.78 is 0. The molecule has 0 aliphatic carbocycles. The van der Waals surface area contributed by atoms with Crippen LogP contribution in [0.5, 0.6) is 0 Å². The van der Waals surface area contributed by atoms with Crippen molar-refractivity contribution >= 4 is 136 Å². The molecule has 816 valence electrons. The number of likely N-dealkylation sites (tertiary alicyclic amines) is 2.